The van der Waals surface area contributed by atoms with Crippen molar-refractivity contribution < 1.29 is 9.47 Å². The Balaban J connectivity index is 2.92. The third-order valence-electron chi connectivity index (χ3n) is 2.24. The Labute approximate surface area is 111 Å². The van der Waals surface area contributed by atoms with Crippen LogP contribution in [0.5, 0.6) is 0 Å². The molecule has 0 heterocycles. The van der Waals surface area contributed by atoms with Gasteiger partial charge >= 0.3 is 0 Å². The Morgan fingerprint density at radius 3 is 2.22 bits per heavy atom. The fraction of sp³-hybridized carbons (Fsp3) is 0.714. The molecule has 0 aliphatic carbocycles. The second-order valence-corrected chi connectivity index (χ2v) is 3.83. The fourth-order valence-electron chi connectivity index (χ4n) is 1.24. The summed E-state index contributed by atoms with van der Waals surface area (Å²) in [5, 5.41) is 6.51. The van der Waals surface area contributed by atoms with Gasteiger partial charge in [0.2, 0.25) is 0 Å². The Hall–Kier alpha value is -0.680. The number of rotatable bonds is 14. The lowest BCUT2D eigenvalue weighted by molar-refractivity contribution is 0.0502. The maximum Gasteiger partial charge on any atom is 0.0701 e. The molecule has 18 heavy (non-hydrogen) atoms. The SMILES string of the molecule is C=CCCNCCOCCOCCNC/C=C/C. The van der Waals surface area contributed by atoms with E-state index in [1.165, 1.54) is 0 Å². The third kappa shape index (κ3) is 15.3. The maximum atomic E-state index is 5.41. The molecule has 0 saturated heterocycles. The lowest BCUT2D eigenvalue weighted by atomic mass is 10.4. The van der Waals surface area contributed by atoms with Gasteiger partial charge in [0.25, 0.3) is 0 Å². The molecule has 0 rings (SSSR count). The van der Waals surface area contributed by atoms with Gasteiger partial charge in [0.05, 0.1) is 26.4 Å². The summed E-state index contributed by atoms with van der Waals surface area (Å²) < 4.78 is 10.8. The van der Waals surface area contributed by atoms with Gasteiger partial charge in [0.1, 0.15) is 0 Å². The van der Waals surface area contributed by atoms with Gasteiger partial charge in [0, 0.05) is 19.6 Å². The second kappa shape index (κ2) is 16.3. The summed E-state index contributed by atoms with van der Waals surface area (Å²) in [6.45, 7) is 12.1. The Morgan fingerprint density at radius 1 is 0.944 bits per heavy atom. The highest BCUT2D eigenvalue weighted by molar-refractivity contribution is 4.78. The summed E-state index contributed by atoms with van der Waals surface area (Å²) in [4.78, 5) is 0. The molecular weight excluding hydrogens is 228 g/mol. The molecule has 0 unspecified atom stereocenters. The van der Waals surface area contributed by atoms with Gasteiger partial charge in [-0.1, -0.05) is 18.2 Å². The van der Waals surface area contributed by atoms with Crippen LogP contribution in [-0.4, -0.2) is 52.6 Å². The second-order valence-electron chi connectivity index (χ2n) is 3.83. The zero-order chi connectivity index (χ0) is 13.3. The van der Waals surface area contributed by atoms with Gasteiger partial charge in [-0.25, -0.2) is 0 Å². The van der Waals surface area contributed by atoms with Gasteiger partial charge in [0.15, 0.2) is 0 Å². The monoisotopic (exact) mass is 256 g/mol. The van der Waals surface area contributed by atoms with Crippen LogP contribution < -0.4 is 10.6 Å². The summed E-state index contributed by atoms with van der Waals surface area (Å²) in [7, 11) is 0. The van der Waals surface area contributed by atoms with Gasteiger partial charge in [-0.3, -0.25) is 0 Å². The van der Waals surface area contributed by atoms with E-state index in [1.807, 2.05) is 19.1 Å². The fourth-order valence-corrected chi connectivity index (χ4v) is 1.24. The molecule has 4 nitrogen and oxygen atoms in total. The quantitative estimate of drug-likeness (QED) is 0.364. The molecule has 0 saturated carbocycles. The minimum Gasteiger partial charge on any atom is -0.378 e. The van der Waals surface area contributed by atoms with E-state index in [1.54, 1.807) is 0 Å². The van der Waals surface area contributed by atoms with Crippen molar-refractivity contribution in [2.24, 2.45) is 0 Å². The molecule has 0 radical (unpaired) electrons. The molecule has 2 N–H and O–H groups in total. The van der Waals surface area contributed by atoms with Crippen molar-refractivity contribution in [3.63, 3.8) is 0 Å². The van der Waals surface area contributed by atoms with Gasteiger partial charge in [-0.05, 0) is 19.9 Å². The Morgan fingerprint density at radius 2 is 1.61 bits per heavy atom. The summed E-state index contributed by atoms with van der Waals surface area (Å²) in [6.07, 6.45) is 7.03. The molecule has 0 aromatic rings. The van der Waals surface area contributed by atoms with Crippen molar-refractivity contribution in [1.82, 2.24) is 10.6 Å². The highest BCUT2D eigenvalue weighted by atomic mass is 16.5. The molecule has 0 aromatic carbocycles. The number of hydrogen-bond donors (Lipinski definition) is 2. The van der Waals surface area contributed by atoms with Gasteiger partial charge in [-0.2, -0.15) is 0 Å². The number of allylic oxidation sites excluding steroid dienone is 1. The molecule has 0 bridgehead atoms. The van der Waals surface area contributed by atoms with E-state index < -0.39 is 0 Å². The topological polar surface area (TPSA) is 42.5 Å². The average molecular weight is 256 g/mol. The molecule has 106 valence electrons. The summed E-state index contributed by atoms with van der Waals surface area (Å²) in [5.41, 5.74) is 0. The van der Waals surface area contributed by atoms with Crippen molar-refractivity contribution in [3.8, 4) is 0 Å². The molecule has 4 heteroatoms. The van der Waals surface area contributed by atoms with E-state index in [0.29, 0.717) is 13.2 Å². The van der Waals surface area contributed by atoms with Crippen molar-refractivity contribution in [2.75, 3.05) is 52.6 Å². The van der Waals surface area contributed by atoms with Crippen molar-refractivity contribution >= 4 is 0 Å². The van der Waals surface area contributed by atoms with E-state index >= 15 is 0 Å². The molecule has 0 spiro atoms. The molecule has 0 aliphatic heterocycles. The normalized spacial score (nSPS) is 11.2. The highest BCUT2D eigenvalue weighted by Crippen LogP contribution is 1.79. The highest BCUT2D eigenvalue weighted by Gasteiger charge is 1.90. The summed E-state index contributed by atoms with van der Waals surface area (Å²) >= 11 is 0. The average Bonchev–Trinajstić information content (AvgIpc) is 2.39. The minimum absolute atomic E-state index is 0.665. The van der Waals surface area contributed by atoms with E-state index in [9.17, 15) is 0 Å². The first-order valence-corrected chi connectivity index (χ1v) is 6.70. The van der Waals surface area contributed by atoms with Crippen LogP contribution in [0.25, 0.3) is 0 Å². The van der Waals surface area contributed by atoms with Crippen LogP contribution >= 0.6 is 0 Å². The molecule has 0 amide bonds. The molecule has 0 aromatic heterocycles. The predicted octanol–water partition coefficient (Wildman–Crippen LogP) is 1.35. The summed E-state index contributed by atoms with van der Waals surface area (Å²) in [6, 6.07) is 0. The first-order valence-electron chi connectivity index (χ1n) is 6.70. The summed E-state index contributed by atoms with van der Waals surface area (Å²) in [5.74, 6) is 0. The number of hydrogen-bond acceptors (Lipinski definition) is 4. The van der Waals surface area contributed by atoms with Crippen LogP contribution in [0.4, 0.5) is 0 Å². The molecule has 0 fully saturated rings. The lowest BCUT2D eigenvalue weighted by Gasteiger charge is -2.06. The maximum absolute atomic E-state index is 5.41. The molecular formula is C14H28N2O2. The number of nitrogens with one attached hydrogen (secondary N) is 2. The van der Waals surface area contributed by atoms with Crippen LogP contribution in [0.2, 0.25) is 0 Å². The van der Waals surface area contributed by atoms with Crippen molar-refractivity contribution in [3.05, 3.63) is 24.8 Å². The van der Waals surface area contributed by atoms with E-state index in [0.717, 1.165) is 45.8 Å². The standard InChI is InChI=1S/C14H28N2O2/c1-3-5-7-15-9-11-17-13-14-18-12-10-16-8-6-4-2/h3-4,6,15-16H,1,5,7-14H2,2H3/b6-4+. The number of ether oxygens (including phenoxy) is 2. The zero-order valence-electron chi connectivity index (χ0n) is 11.6. The molecule has 0 aliphatic rings. The van der Waals surface area contributed by atoms with Crippen molar-refractivity contribution in [2.45, 2.75) is 13.3 Å². The Bertz CT molecular complexity index is 196. The van der Waals surface area contributed by atoms with Crippen LogP contribution in [0.3, 0.4) is 0 Å². The van der Waals surface area contributed by atoms with E-state index in [4.69, 9.17) is 9.47 Å². The smallest absolute Gasteiger partial charge is 0.0701 e. The van der Waals surface area contributed by atoms with Crippen molar-refractivity contribution in [1.29, 1.82) is 0 Å². The van der Waals surface area contributed by atoms with Crippen LogP contribution in [0, 0.1) is 0 Å². The van der Waals surface area contributed by atoms with Crippen LogP contribution in [-0.2, 0) is 9.47 Å². The van der Waals surface area contributed by atoms with E-state index in [-0.39, 0.29) is 0 Å². The zero-order valence-corrected chi connectivity index (χ0v) is 11.6. The lowest BCUT2D eigenvalue weighted by Crippen LogP contribution is -2.22. The minimum atomic E-state index is 0.665. The van der Waals surface area contributed by atoms with Crippen LogP contribution in [0.15, 0.2) is 24.8 Å². The first-order chi connectivity index (χ1) is 8.91. The molecule has 0 atom stereocenters. The van der Waals surface area contributed by atoms with Crippen LogP contribution in [0.1, 0.15) is 13.3 Å². The third-order valence-corrected chi connectivity index (χ3v) is 2.24. The van der Waals surface area contributed by atoms with E-state index in [2.05, 4.69) is 23.3 Å². The predicted molar refractivity (Wildman–Crippen MR) is 77.0 cm³/mol. The largest absolute Gasteiger partial charge is 0.378 e. The van der Waals surface area contributed by atoms with Gasteiger partial charge in [-0.15, -0.1) is 6.58 Å². The van der Waals surface area contributed by atoms with Gasteiger partial charge < -0.3 is 20.1 Å². The first kappa shape index (κ1) is 17.3. The Kier molecular flexibility index (Phi) is 15.7.